The number of benzene rings is 3. The first-order valence-electron chi connectivity index (χ1n) is 11.0. The van der Waals surface area contributed by atoms with Crippen molar-refractivity contribution in [2.24, 2.45) is 0 Å². The normalized spacial score (nSPS) is 17.0. The van der Waals surface area contributed by atoms with E-state index >= 15 is 0 Å². The van der Waals surface area contributed by atoms with Crippen molar-refractivity contribution in [3.63, 3.8) is 0 Å². The molecule has 1 unspecified atom stereocenters. The maximum atomic E-state index is 13.2. The van der Waals surface area contributed by atoms with Crippen molar-refractivity contribution in [2.45, 2.75) is 19.4 Å². The number of phenolic OH excluding ortho intramolecular Hbond substituents is 1. The number of aliphatic hydroxyl groups excluding tert-OH is 1. The number of Topliss-reactive ketones (excluding diaryl/α,β-unsaturated/α-hetero) is 1. The molecule has 180 valence electrons. The van der Waals surface area contributed by atoms with Crippen LogP contribution in [0.15, 0.2) is 72.3 Å². The lowest BCUT2D eigenvalue weighted by atomic mass is 9.95. The predicted octanol–water partition coefficient (Wildman–Crippen LogP) is 5.47. The molecule has 7 nitrogen and oxygen atoms in total. The summed E-state index contributed by atoms with van der Waals surface area (Å²) in [4.78, 5) is 27.7. The van der Waals surface area contributed by atoms with Crippen LogP contribution in [0.2, 0.25) is 5.02 Å². The van der Waals surface area contributed by atoms with Crippen molar-refractivity contribution >= 4 is 34.7 Å². The second-order valence-corrected chi connectivity index (χ2v) is 8.36. The first-order chi connectivity index (χ1) is 16.8. The van der Waals surface area contributed by atoms with E-state index in [0.29, 0.717) is 34.9 Å². The van der Waals surface area contributed by atoms with Crippen LogP contribution in [-0.4, -0.2) is 35.6 Å². The Hall–Kier alpha value is -3.97. The van der Waals surface area contributed by atoms with Crippen LogP contribution in [-0.2, 0) is 9.59 Å². The molecular formula is C27H24ClNO6. The fraction of sp³-hybridized carbons (Fsp3) is 0.185. The van der Waals surface area contributed by atoms with Gasteiger partial charge in [-0.15, -0.1) is 0 Å². The smallest absolute Gasteiger partial charge is 0.300 e. The molecule has 3 aromatic carbocycles. The fourth-order valence-electron chi connectivity index (χ4n) is 3.96. The number of phenols is 1. The maximum Gasteiger partial charge on any atom is 0.300 e. The van der Waals surface area contributed by atoms with Crippen molar-refractivity contribution in [2.75, 3.05) is 18.6 Å². The van der Waals surface area contributed by atoms with Crippen LogP contribution in [0.5, 0.6) is 17.2 Å². The molecule has 0 radical (unpaired) electrons. The largest absolute Gasteiger partial charge is 0.508 e. The van der Waals surface area contributed by atoms with Crippen molar-refractivity contribution in [3.05, 3.63) is 88.5 Å². The first kappa shape index (κ1) is 24.2. The molecule has 2 N–H and O–H groups in total. The van der Waals surface area contributed by atoms with Crippen LogP contribution in [0.4, 0.5) is 5.69 Å². The second kappa shape index (κ2) is 10.1. The third kappa shape index (κ3) is 4.68. The Kier molecular flexibility index (Phi) is 6.98. The summed E-state index contributed by atoms with van der Waals surface area (Å²) in [5.74, 6) is -0.885. The molecule has 1 saturated heterocycles. The lowest BCUT2D eigenvalue weighted by Crippen LogP contribution is -2.29. The molecule has 1 fully saturated rings. The van der Waals surface area contributed by atoms with Crippen LogP contribution >= 0.6 is 11.6 Å². The lowest BCUT2D eigenvalue weighted by Gasteiger charge is -2.26. The number of ketones is 1. The van der Waals surface area contributed by atoms with Crippen molar-refractivity contribution in [3.8, 4) is 17.2 Å². The number of amides is 1. The molecule has 35 heavy (non-hydrogen) atoms. The fourth-order valence-corrected chi connectivity index (χ4v) is 4.21. The Bertz CT molecular complexity index is 1280. The lowest BCUT2D eigenvalue weighted by molar-refractivity contribution is -0.132. The Morgan fingerprint density at radius 3 is 2.31 bits per heavy atom. The molecule has 8 heteroatoms. The molecule has 4 rings (SSSR count). The summed E-state index contributed by atoms with van der Waals surface area (Å²) >= 11 is 6.30. The molecule has 1 aliphatic rings. The molecule has 0 bridgehead atoms. The quantitative estimate of drug-likeness (QED) is 0.257. The highest BCUT2D eigenvalue weighted by atomic mass is 35.5. The van der Waals surface area contributed by atoms with Gasteiger partial charge in [0.25, 0.3) is 11.7 Å². The van der Waals surface area contributed by atoms with Gasteiger partial charge in [0.1, 0.15) is 23.0 Å². The zero-order chi connectivity index (χ0) is 25.1. The highest BCUT2D eigenvalue weighted by molar-refractivity contribution is 6.51. The second-order valence-electron chi connectivity index (χ2n) is 7.95. The SMILES string of the molecule is CCCOc1ccc(/C(O)=C2\C(=O)C(=O)N(c3ccc(OC)c(Cl)c3)C2c2ccc(O)cc2)cc1. The van der Waals surface area contributed by atoms with Crippen molar-refractivity contribution in [1.82, 2.24) is 0 Å². The van der Waals surface area contributed by atoms with Gasteiger partial charge >= 0.3 is 0 Å². The van der Waals surface area contributed by atoms with E-state index in [4.69, 9.17) is 21.1 Å². The summed E-state index contributed by atoms with van der Waals surface area (Å²) in [6, 6.07) is 16.5. The van der Waals surface area contributed by atoms with Crippen molar-refractivity contribution in [1.29, 1.82) is 0 Å². The van der Waals surface area contributed by atoms with Crippen LogP contribution < -0.4 is 14.4 Å². The predicted molar refractivity (Wildman–Crippen MR) is 133 cm³/mol. The van der Waals surface area contributed by atoms with Gasteiger partial charge in [-0.1, -0.05) is 30.7 Å². The summed E-state index contributed by atoms with van der Waals surface area (Å²) in [5, 5.41) is 21.2. The number of anilines is 1. The molecule has 0 spiro atoms. The van der Waals surface area contributed by atoms with Gasteiger partial charge in [-0.05, 0) is 66.6 Å². The maximum absolute atomic E-state index is 13.2. The van der Waals surface area contributed by atoms with Gasteiger partial charge in [0.2, 0.25) is 0 Å². The average molecular weight is 494 g/mol. The molecule has 1 heterocycles. The minimum absolute atomic E-state index is 0.0286. The van der Waals surface area contributed by atoms with E-state index < -0.39 is 17.7 Å². The van der Waals surface area contributed by atoms with E-state index in [0.717, 1.165) is 6.42 Å². The van der Waals surface area contributed by atoms with E-state index in [1.807, 2.05) is 6.92 Å². The van der Waals surface area contributed by atoms with Crippen molar-refractivity contribution < 1.29 is 29.3 Å². The van der Waals surface area contributed by atoms with Gasteiger partial charge in [0, 0.05) is 11.3 Å². The number of aromatic hydroxyl groups is 1. The minimum atomic E-state index is -0.948. The third-order valence-electron chi connectivity index (χ3n) is 5.67. The molecule has 1 aliphatic heterocycles. The van der Waals surface area contributed by atoms with Crippen LogP contribution in [0.25, 0.3) is 5.76 Å². The van der Waals surface area contributed by atoms with Crippen LogP contribution in [0.1, 0.15) is 30.5 Å². The highest BCUT2D eigenvalue weighted by Gasteiger charge is 2.47. The van der Waals surface area contributed by atoms with Crippen LogP contribution in [0.3, 0.4) is 0 Å². The zero-order valence-electron chi connectivity index (χ0n) is 19.2. The number of ether oxygens (including phenoxy) is 2. The number of nitrogens with zero attached hydrogens (tertiary/aromatic N) is 1. The van der Waals surface area contributed by atoms with Gasteiger partial charge in [-0.25, -0.2) is 0 Å². The van der Waals surface area contributed by atoms with Gasteiger partial charge in [0.05, 0.1) is 30.4 Å². The number of aliphatic hydroxyl groups is 1. The van der Waals surface area contributed by atoms with E-state index in [1.54, 1.807) is 48.5 Å². The Morgan fingerprint density at radius 1 is 1.03 bits per heavy atom. The number of hydrogen-bond acceptors (Lipinski definition) is 6. The zero-order valence-corrected chi connectivity index (χ0v) is 20.0. The number of carbonyl (C=O) groups excluding carboxylic acids is 2. The van der Waals surface area contributed by atoms with Gasteiger partial charge in [-0.2, -0.15) is 0 Å². The average Bonchev–Trinajstić information content (AvgIpc) is 3.13. The molecule has 1 amide bonds. The van der Waals surface area contributed by atoms with Gasteiger partial charge in [0.15, 0.2) is 0 Å². The Balaban J connectivity index is 1.85. The molecule has 0 aromatic heterocycles. The third-order valence-corrected chi connectivity index (χ3v) is 5.96. The van der Waals surface area contributed by atoms with E-state index in [1.165, 1.54) is 30.2 Å². The standard InChI is InChI=1S/C27H24ClNO6/c1-3-14-35-20-11-6-17(7-12-20)25(31)23-24(16-4-9-19(30)10-5-16)29(27(33)26(23)32)18-8-13-22(34-2)21(28)15-18/h4-13,15,24,30-31H,3,14H2,1-2H3/b25-23+. The summed E-state index contributed by atoms with van der Waals surface area (Å²) in [5.41, 5.74) is 1.18. The van der Waals surface area contributed by atoms with Gasteiger partial charge in [-0.3, -0.25) is 14.5 Å². The number of methoxy groups -OCH3 is 1. The molecular weight excluding hydrogens is 470 g/mol. The number of halogens is 1. The first-order valence-corrected chi connectivity index (χ1v) is 11.4. The number of hydrogen-bond donors (Lipinski definition) is 2. The summed E-state index contributed by atoms with van der Waals surface area (Å²) in [6.07, 6.45) is 0.854. The number of rotatable bonds is 7. The Labute approximate surface area is 207 Å². The van der Waals surface area contributed by atoms with E-state index in [2.05, 4.69) is 0 Å². The summed E-state index contributed by atoms with van der Waals surface area (Å²) < 4.78 is 10.8. The molecule has 3 aromatic rings. The molecule has 1 atom stereocenters. The Morgan fingerprint density at radius 2 is 1.71 bits per heavy atom. The van der Waals surface area contributed by atoms with E-state index in [9.17, 15) is 19.8 Å². The minimum Gasteiger partial charge on any atom is -0.508 e. The monoisotopic (exact) mass is 493 g/mol. The molecule has 0 saturated carbocycles. The topological polar surface area (TPSA) is 96.3 Å². The van der Waals surface area contributed by atoms with Gasteiger partial charge < -0.3 is 19.7 Å². The molecule has 0 aliphatic carbocycles. The van der Waals surface area contributed by atoms with E-state index in [-0.39, 0.29) is 22.1 Å². The number of carbonyl (C=O) groups is 2. The highest BCUT2D eigenvalue weighted by Crippen LogP contribution is 2.43. The summed E-state index contributed by atoms with van der Waals surface area (Å²) in [7, 11) is 1.47. The summed E-state index contributed by atoms with van der Waals surface area (Å²) in [6.45, 7) is 2.56. The van der Waals surface area contributed by atoms with Crippen LogP contribution in [0, 0.1) is 0 Å².